The molecular weight excluding hydrogens is 388 g/mol. The standard InChI is InChI=1S/C23H23ClN2O3/c24-18-10-4-2-8-16(18)19(26-12-6-1-7-13-26)15-25-23(28)22-14-20(27)17-9-3-5-11-21(17)29-22/h2-5,8-11,14,19H,1,6-7,12-13,15H2,(H,25,28)/t19-/m0/s1. The van der Waals surface area contributed by atoms with Gasteiger partial charge in [-0.05, 0) is 49.7 Å². The molecule has 150 valence electrons. The number of piperidine rings is 1. The number of halogens is 1. The number of nitrogens with one attached hydrogen (secondary N) is 1. The topological polar surface area (TPSA) is 62.6 Å². The minimum Gasteiger partial charge on any atom is -0.451 e. The maximum absolute atomic E-state index is 12.7. The maximum Gasteiger partial charge on any atom is 0.287 e. The van der Waals surface area contributed by atoms with Gasteiger partial charge >= 0.3 is 0 Å². The van der Waals surface area contributed by atoms with Crippen LogP contribution in [-0.2, 0) is 0 Å². The van der Waals surface area contributed by atoms with E-state index in [4.69, 9.17) is 16.0 Å². The fourth-order valence-corrected chi connectivity index (χ4v) is 4.17. The highest BCUT2D eigenvalue weighted by atomic mass is 35.5. The molecule has 5 nitrogen and oxygen atoms in total. The Balaban J connectivity index is 1.56. The summed E-state index contributed by atoms with van der Waals surface area (Å²) < 4.78 is 5.66. The second-order valence-corrected chi connectivity index (χ2v) is 7.72. The molecule has 3 aromatic rings. The first-order chi connectivity index (χ1) is 14.1. The summed E-state index contributed by atoms with van der Waals surface area (Å²) in [4.78, 5) is 27.4. The van der Waals surface area contributed by atoms with Gasteiger partial charge in [0, 0.05) is 17.6 Å². The van der Waals surface area contributed by atoms with Crippen molar-refractivity contribution in [2.45, 2.75) is 25.3 Å². The van der Waals surface area contributed by atoms with Crippen molar-refractivity contribution in [1.82, 2.24) is 10.2 Å². The van der Waals surface area contributed by atoms with Gasteiger partial charge in [0.15, 0.2) is 11.2 Å². The SMILES string of the molecule is O=C(NC[C@@H](c1ccccc1Cl)N1CCCCC1)c1cc(=O)c2ccccc2o1. The quantitative estimate of drug-likeness (QED) is 0.677. The van der Waals surface area contributed by atoms with Gasteiger partial charge in [-0.3, -0.25) is 14.5 Å². The van der Waals surface area contributed by atoms with Crippen molar-refractivity contribution in [1.29, 1.82) is 0 Å². The largest absolute Gasteiger partial charge is 0.451 e. The van der Waals surface area contributed by atoms with E-state index in [9.17, 15) is 9.59 Å². The summed E-state index contributed by atoms with van der Waals surface area (Å²) in [6, 6.07) is 15.9. The fourth-order valence-electron chi connectivity index (χ4n) is 3.90. The van der Waals surface area contributed by atoms with Gasteiger partial charge in [-0.2, -0.15) is 0 Å². The molecule has 1 amide bonds. The van der Waals surface area contributed by atoms with Gasteiger partial charge in [0.1, 0.15) is 5.58 Å². The van der Waals surface area contributed by atoms with Crippen LogP contribution in [0.1, 0.15) is 41.4 Å². The number of para-hydroxylation sites is 1. The first kappa shape index (κ1) is 19.7. The Morgan fingerprint density at radius 2 is 1.79 bits per heavy atom. The monoisotopic (exact) mass is 410 g/mol. The van der Waals surface area contributed by atoms with E-state index in [0.29, 0.717) is 22.5 Å². The van der Waals surface area contributed by atoms with E-state index in [0.717, 1.165) is 31.5 Å². The molecule has 1 saturated heterocycles. The highest BCUT2D eigenvalue weighted by molar-refractivity contribution is 6.31. The van der Waals surface area contributed by atoms with Gasteiger partial charge in [0.05, 0.1) is 11.4 Å². The molecule has 1 aliphatic rings. The zero-order valence-electron chi connectivity index (χ0n) is 16.1. The van der Waals surface area contributed by atoms with E-state index in [1.165, 1.54) is 12.5 Å². The maximum atomic E-state index is 12.7. The normalized spacial score (nSPS) is 15.9. The molecule has 0 saturated carbocycles. The highest BCUT2D eigenvalue weighted by Gasteiger charge is 2.25. The molecule has 0 bridgehead atoms. The third-order valence-electron chi connectivity index (χ3n) is 5.41. The number of benzene rings is 2. The molecule has 2 heterocycles. The number of hydrogen-bond donors (Lipinski definition) is 1. The predicted molar refractivity (Wildman–Crippen MR) is 114 cm³/mol. The summed E-state index contributed by atoms with van der Waals surface area (Å²) in [6.45, 7) is 2.33. The summed E-state index contributed by atoms with van der Waals surface area (Å²) in [7, 11) is 0. The molecular formula is C23H23ClN2O3. The van der Waals surface area contributed by atoms with E-state index in [1.807, 2.05) is 24.3 Å². The third-order valence-corrected chi connectivity index (χ3v) is 5.75. The third kappa shape index (κ3) is 4.36. The lowest BCUT2D eigenvalue weighted by atomic mass is 10.0. The second-order valence-electron chi connectivity index (χ2n) is 7.32. The Labute approximate surface area is 174 Å². The Bertz CT molecular complexity index is 1070. The molecule has 1 aromatic heterocycles. The first-order valence-electron chi connectivity index (χ1n) is 9.93. The van der Waals surface area contributed by atoms with Crippen LogP contribution in [0, 0.1) is 0 Å². The van der Waals surface area contributed by atoms with Crippen LogP contribution in [0.15, 0.2) is 63.8 Å². The van der Waals surface area contributed by atoms with Gasteiger partial charge < -0.3 is 9.73 Å². The lowest BCUT2D eigenvalue weighted by Gasteiger charge is -2.35. The van der Waals surface area contributed by atoms with Gasteiger partial charge in [0.25, 0.3) is 5.91 Å². The number of carbonyl (C=O) groups is 1. The number of nitrogens with zero attached hydrogens (tertiary/aromatic N) is 1. The average Bonchev–Trinajstić information content (AvgIpc) is 2.75. The van der Waals surface area contributed by atoms with Gasteiger partial charge in [-0.15, -0.1) is 0 Å². The van der Waals surface area contributed by atoms with Gasteiger partial charge in [0.2, 0.25) is 0 Å². The Morgan fingerprint density at radius 3 is 2.59 bits per heavy atom. The Hall–Kier alpha value is -2.63. The van der Waals surface area contributed by atoms with Gasteiger partial charge in [-0.25, -0.2) is 0 Å². The van der Waals surface area contributed by atoms with Crippen molar-refractivity contribution in [3.63, 3.8) is 0 Å². The Kier molecular flexibility index (Phi) is 5.97. The Morgan fingerprint density at radius 1 is 1.07 bits per heavy atom. The van der Waals surface area contributed by atoms with Crippen molar-refractivity contribution < 1.29 is 9.21 Å². The number of amides is 1. The zero-order chi connectivity index (χ0) is 20.2. The average molecular weight is 411 g/mol. The first-order valence-corrected chi connectivity index (χ1v) is 10.3. The molecule has 6 heteroatoms. The number of rotatable bonds is 5. The minimum atomic E-state index is -0.401. The van der Waals surface area contributed by atoms with Crippen molar-refractivity contribution in [3.8, 4) is 0 Å². The van der Waals surface area contributed by atoms with Crippen LogP contribution in [0.3, 0.4) is 0 Å². The molecule has 2 aromatic carbocycles. The molecule has 0 spiro atoms. The zero-order valence-corrected chi connectivity index (χ0v) is 16.8. The molecule has 1 N–H and O–H groups in total. The second kappa shape index (κ2) is 8.80. The lowest BCUT2D eigenvalue weighted by Crippen LogP contribution is -2.40. The number of carbonyl (C=O) groups excluding carboxylic acids is 1. The number of fused-ring (bicyclic) bond motifs is 1. The summed E-state index contributed by atoms with van der Waals surface area (Å²) in [6.07, 6.45) is 3.49. The van der Waals surface area contributed by atoms with E-state index < -0.39 is 5.91 Å². The van der Waals surface area contributed by atoms with Crippen LogP contribution < -0.4 is 10.7 Å². The summed E-state index contributed by atoms with van der Waals surface area (Å²) >= 11 is 6.46. The van der Waals surface area contributed by atoms with Crippen molar-refractivity contribution in [2.24, 2.45) is 0 Å². The summed E-state index contributed by atoms with van der Waals surface area (Å²) in [5, 5.41) is 4.10. The summed E-state index contributed by atoms with van der Waals surface area (Å²) in [5.41, 5.74) is 1.18. The summed E-state index contributed by atoms with van der Waals surface area (Å²) in [5.74, 6) is -0.382. The van der Waals surface area contributed by atoms with Crippen LogP contribution in [-0.4, -0.2) is 30.4 Å². The van der Waals surface area contributed by atoms with E-state index >= 15 is 0 Å². The molecule has 1 atom stereocenters. The molecule has 1 aliphatic heterocycles. The van der Waals surface area contributed by atoms with Gasteiger partial charge in [-0.1, -0.05) is 48.4 Å². The molecule has 0 unspecified atom stereocenters. The number of likely N-dealkylation sites (tertiary alicyclic amines) is 1. The van der Waals surface area contributed by atoms with E-state index in [2.05, 4.69) is 10.2 Å². The molecule has 0 aliphatic carbocycles. The van der Waals surface area contributed by atoms with Crippen LogP contribution in [0.5, 0.6) is 0 Å². The van der Waals surface area contributed by atoms with E-state index in [1.54, 1.807) is 24.3 Å². The molecule has 29 heavy (non-hydrogen) atoms. The molecule has 1 fully saturated rings. The van der Waals surface area contributed by atoms with Crippen molar-refractivity contribution in [3.05, 3.63) is 81.2 Å². The van der Waals surface area contributed by atoms with Crippen LogP contribution in [0.2, 0.25) is 5.02 Å². The highest BCUT2D eigenvalue weighted by Crippen LogP contribution is 2.29. The van der Waals surface area contributed by atoms with Crippen molar-refractivity contribution >= 4 is 28.5 Å². The number of hydrogen-bond acceptors (Lipinski definition) is 4. The lowest BCUT2D eigenvalue weighted by molar-refractivity contribution is 0.0897. The smallest absolute Gasteiger partial charge is 0.287 e. The fraction of sp³-hybridized carbons (Fsp3) is 0.304. The van der Waals surface area contributed by atoms with Crippen molar-refractivity contribution in [2.75, 3.05) is 19.6 Å². The minimum absolute atomic E-state index is 0.0188. The van der Waals surface area contributed by atoms with Crippen LogP contribution >= 0.6 is 11.6 Å². The van der Waals surface area contributed by atoms with E-state index in [-0.39, 0.29) is 17.2 Å². The predicted octanol–water partition coefficient (Wildman–Crippen LogP) is 4.40. The van der Waals surface area contributed by atoms with Crippen LogP contribution in [0.25, 0.3) is 11.0 Å². The van der Waals surface area contributed by atoms with Crippen LogP contribution in [0.4, 0.5) is 0 Å². The molecule has 0 radical (unpaired) electrons. The molecule has 4 rings (SSSR count).